The minimum atomic E-state index is 0.0590. The van der Waals surface area contributed by atoms with Gasteiger partial charge in [0, 0.05) is 12.6 Å². The van der Waals surface area contributed by atoms with E-state index in [1.54, 1.807) is 23.5 Å². The normalized spacial score (nSPS) is 10.8. The Kier molecular flexibility index (Phi) is 5.32. The molecule has 5 nitrogen and oxygen atoms in total. The van der Waals surface area contributed by atoms with Crippen LogP contribution in [0, 0.1) is 0 Å². The molecule has 2 heterocycles. The molecule has 3 aromatic rings. The summed E-state index contributed by atoms with van der Waals surface area (Å²) in [6, 6.07) is 11.2. The molecule has 0 fully saturated rings. The van der Waals surface area contributed by atoms with Crippen LogP contribution in [0.3, 0.4) is 0 Å². The van der Waals surface area contributed by atoms with Gasteiger partial charge >= 0.3 is 0 Å². The molecule has 0 amide bonds. The second-order valence-corrected chi connectivity index (χ2v) is 6.90. The predicted octanol–water partition coefficient (Wildman–Crippen LogP) is 3.92. The Balaban J connectivity index is 1.64. The minimum absolute atomic E-state index is 0.0590. The number of hydrogen-bond donors (Lipinski definition) is 0. The molecule has 0 aliphatic rings. The molecular formula is C17H17N3O2S2. The summed E-state index contributed by atoms with van der Waals surface area (Å²) in [5.74, 6) is 1.98. The molecule has 1 aromatic carbocycles. The first-order valence-corrected chi connectivity index (χ1v) is 9.37. The Hall–Kier alpha value is -2.12. The molecule has 2 aromatic heterocycles. The van der Waals surface area contributed by atoms with Crippen molar-refractivity contribution < 1.29 is 9.53 Å². The molecule has 0 aliphatic carbocycles. The van der Waals surface area contributed by atoms with E-state index in [1.807, 2.05) is 48.2 Å². The monoisotopic (exact) mass is 359 g/mol. The molecule has 0 radical (unpaired) electrons. The number of carbonyl (C=O) groups is 1. The Morgan fingerprint density at radius 3 is 2.71 bits per heavy atom. The van der Waals surface area contributed by atoms with Crippen LogP contribution in [0.15, 0.2) is 46.9 Å². The zero-order valence-electron chi connectivity index (χ0n) is 13.4. The molecule has 0 bridgehead atoms. The van der Waals surface area contributed by atoms with Crippen molar-refractivity contribution >= 4 is 28.9 Å². The molecular weight excluding hydrogens is 342 g/mol. The number of hydrogen-bond acceptors (Lipinski definition) is 6. The van der Waals surface area contributed by atoms with Crippen LogP contribution in [0.2, 0.25) is 0 Å². The quantitative estimate of drug-likeness (QED) is 0.473. The second-order valence-electron chi connectivity index (χ2n) is 5.01. The average molecular weight is 359 g/mol. The van der Waals surface area contributed by atoms with Gasteiger partial charge in [-0.15, -0.1) is 21.5 Å². The Morgan fingerprint density at radius 2 is 2.04 bits per heavy atom. The summed E-state index contributed by atoms with van der Waals surface area (Å²) in [6.45, 7) is 2.54. The highest BCUT2D eigenvalue weighted by atomic mass is 32.2. The highest BCUT2D eigenvalue weighted by molar-refractivity contribution is 7.99. The summed E-state index contributed by atoms with van der Waals surface area (Å²) in [7, 11) is 1.92. The van der Waals surface area contributed by atoms with Gasteiger partial charge in [-0.1, -0.05) is 17.8 Å². The number of ether oxygens (including phenoxy) is 1. The number of ketones is 1. The predicted molar refractivity (Wildman–Crippen MR) is 97.0 cm³/mol. The van der Waals surface area contributed by atoms with E-state index >= 15 is 0 Å². The molecule has 0 saturated carbocycles. The summed E-state index contributed by atoms with van der Waals surface area (Å²) in [5, 5.41) is 11.1. The van der Waals surface area contributed by atoms with E-state index < -0.39 is 0 Å². The van der Waals surface area contributed by atoms with Crippen LogP contribution < -0.4 is 4.74 Å². The molecule has 0 spiro atoms. The number of Topliss-reactive ketones (excluding diaryl/α,β-unsaturated/α-hetero) is 1. The van der Waals surface area contributed by atoms with Gasteiger partial charge in [-0.2, -0.15) is 0 Å². The summed E-state index contributed by atoms with van der Waals surface area (Å²) in [6.07, 6.45) is 0. The van der Waals surface area contributed by atoms with Crippen molar-refractivity contribution in [2.24, 2.45) is 7.05 Å². The van der Waals surface area contributed by atoms with Crippen LogP contribution in [0.25, 0.3) is 10.7 Å². The van der Waals surface area contributed by atoms with Crippen LogP contribution in [0.4, 0.5) is 0 Å². The maximum Gasteiger partial charge on any atom is 0.191 e. The highest BCUT2D eigenvalue weighted by Crippen LogP contribution is 2.26. The molecule has 0 aliphatic heterocycles. The van der Waals surface area contributed by atoms with E-state index in [0.29, 0.717) is 17.9 Å². The van der Waals surface area contributed by atoms with Gasteiger partial charge in [0.05, 0.1) is 17.2 Å². The summed E-state index contributed by atoms with van der Waals surface area (Å²) in [5.41, 5.74) is 0.673. The number of aromatic nitrogens is 3. The average Bonchev–Trinajstić information content (AvgIpc) is 3.23. The fraction of sp³-hybridized carbons (Fsp3) is 0.235. The third kappa shape index (κ3) is 3.68. The summed E-state index contributed by atoms with van der Waals surface area (Å²) in [4.78, 5) is 13.4. The Morgan fingerprint density at radius 1 is 1.25 bits per heavy atom. The summed E-state index contributed by atoms with van der Waals surface area (Å²) >= 11 is 3.01. The van der Waals surface area contributed by atoms with Crippen molar-refractivity contribution in [3.63, 3.8) is 0 Å². The molecule has 124 valence electrons. The lowest BCUT2D eigenvalue weighted by Crippen LogP contribution is -2.04. The highest BCUT2D eigenvalue weighted by Gasteiger charge is 2.14. The Labute approximate surface area is 148 Å². The Bertz CT molecular complexity index is 811. The van der Waals surface area contributed by atoms with Gasteiger partial charge in [-0.3, -0.25) is 4.79 Å². The zero-order chi connectivity index (χ0) is 16.9. The SMILES string of the molecule is CCOc1ccc(C(=O)CSc2nnc(-c3cccs3)n2C)cc1. The number of rotatable bonds is 7. The topological polar surface area (TPSA) is 57.0 Å². The largest absolute Gasteiger partial charge is 0.494 e. The van der Waals surface area contributed by atoms with Gasteiger partial charge in [-0.25, -0.2) is 0 Å². The lowest BCUT2D eigenvalue weighted by Gasteiger charge is -2.05. The molecule has 3 rings (SSSR count). The van der Waals surface area contributed by atoms with Crippen LogP contribution >= 0.6 is 23.1 Å². The van der Waals surface area contributed by atoms with Crippen molar-refractivity contribution in [3.05, 3.63) is 47.3 Å². The fourth-order valence-corrected chi connectivity index (χ4v) is 3.73. The molecule has 7 heteroatoms. The maximum atomic E-state index is 12.3. The van der Waals surface area contributed by atoms with Crippen molar-refractivity contribution in [1.29, 1.82) is 0 Å². The van der Waals surface area contributed by atoms with Crippen molar-refractivity contribution in [3.8, 4) is 16.5 Å². The van der Waals surface area contributed by atoms with E-state index in [9.17, 15) is 4.79 Å². The van der Waals surface area contributed by atoms with Gasteiger partial charge in [0.2, 0.25) is 0 Å². The van der Waals surface area contributed by atoms with Crippen molar-refractivity contribution in [2.75, 3.05) is 12.4 Å². The third-order valence-corrected chi connectivity index (χ3v) is 5.28. The van der Waals surface area contributed by atoms with Gasteiger partial charge in [0.25, 0.3) is 0 Å². The van der Waals surface area contributed by atoms with E-state index in [4.69, 9.17) is 4.74 Å². The van der Waals surface area contributed by atoms with Gasteiger partial charge in [0.15, 0.2) is 16.8 Å². The fourth-order valence-electron chi connectivity index (χ4n) is 2.18. The van der Waals surface area contributed by atoms with Crippen LogP contribution in [0.5, 0.6) is 5.75 Å². The summed E-state index contributed by atoms with van der Waals surface area (Å²) < 4.78 is 7.31. The van der Waals surface area contributed by atoms with E-state index in [0.717, 1.165) is 21.6 Å². The molecule has 0 atom stereocenters. The number of thioether (sulfide) groups is 1. The van der Waals surface area contributed by atoms with Crippen molar-refractivity contribution in [1.82, 2.24) is 14.8 Å². The van der Waals surface area contributed by atoms with Crippen LogP contribution in [-0.4, -0.2) is 32.9 Å². The standard InChI is InChI=1S/C17H17N3O2S2/c1-3-22-13-8-6-12(7-9-13)14(21)11-24-17-19-18-16(20(17)2)15-5-4-10-23-15/h4-10H,3,11H2,1-2H3. The first kappa shape index (κ1) is 16.7. The van der Waals surface area contributed by atoms with Gasteiger partial charge < -0.3 is 9.30 Å². The molecule has 24 heavy (non-hydrogen) atoms. The molecule has 0 saturated heterocycles. The van der Waals surface area contributed by atoms with Crippen molar-refractivity contribution in [2.45, 2.75) is 12.1 Å². The van der Waals surface area contributed by atoms with Crippen LogP contribution in [-0.2, 0) is 7.05 Å². The van der Waals surface area contributed by atoms with Gasteiger partial charge in [-0.05, 0) is 42.6 Å². The number of benzene rings is 1. The smallest absolute Gasteiger partial charge is 0.191 e. The maximum absolute atomic E-state index is 12.3. The second kappa shape index (κ2) is 7.63. The number of carbonyl (C=O) groups excluding carboxylic acids is 1. The van der Waals surface area contributed by atoms with Gasteiger partial charge in [0.1, 0.15) is 5.75 Å². The first-order chi connectivity index (χ1) is 11.7. The lowest BCUT2D eigenvalue weighted by molar-refractivity contribution is 0.102. The van der Waals surface area contributed by atoms with Crippen LogP contribution in [0.1, 0.15) is 17.3 Å². The molecule has 0 unspecified atom stereocenters. The number of thiophene rings is 1. The minimum Gasteiger partial charge on any atom is -0.494 e. The first-order valence-electron chi connectivity index (χ1n) is 7.51. The number of nitrogens with zero attached hydrogens (tertiary/aromatic N) is 3. The van der Waals surface area contributed by atoms with E-state index in [1.165, 1.54) is 11.8 Å². The third-order valence-electron chi connectivity index (χ3n) is 3.40. The van der Waals surface area contributed by atoms with E-state index in [2.05, 4.69) is 10.2 Å². The van der Waals surface area contributed by atoms with E-state index in [-0.39, 0.29) is 5.78 Å². The lowest BCUT2D eigenvalue weighted by atomic mass is 10.1. The zero-order valence-corrected chi connectivity index (χ0v) is 15.1. The molecule has 0 N–H and O–H groups in total.